The Bertz CT molecular complexity index is 1420. The summed E-state index contributed by atoms with van der Waals surface area (Å²) >= 11 is 0. The van der Waals surface area contributed by atoms with Gasteiger partial charge in [0.05, 0.1) is 26.0 Å². The lowest BCUT2D eigenvalue weighted by molar-refractivity contribution is -0.235. The van der Waals surface area contributed by atoms with E-state index in [0.717, 1.165) is 36.8 Å². The number of rotatable bonds is 12. The van der Waals surface area contributed by atoms with Gasteiger partial charge in [0, 0.05) is 31.3 Å². The lowest BCUT2D eigenvalue weighted by Crippen LogP contribution is -2.70. The number of aliphatic hydroxyl groups excluding tert-OH is 2. The van der Waals surface area contributed by atoms with E-state index in [1.807, 2.05) is 24.3 Å². The standard InChI is InChI=1S/C34H43N3O10/c38-14-12-35-30(40)24-6-3-13-36(24)32(42)33-18-25-26-27(46-34(45-26,22-7-8-22)23-9-10-23)29(33)47-37(28(33)31(41)44-25)19-21-5-2-1-4-20(21)11-16-43-17-15-39/h1-2,4-5,11,16,22-29,38-39H,3,6-10,12-15,17-19H2,(H,35,40). The third-order valence-electron chi connectivity index (χ3n) is 11.0. The minimum Gasteiger partial charge on any atom is -0.499 e. The topological polar surface area (TPSA) is 156 Å². The second-order valence-corrected chi connectivity index (χ2v) is 13.9. The highest BCUT2D eigenvalue weighted by Crippen LogP contribution is 2.64. The normalized spacial score (nSPS) is 35.6. The summed E-state index contributed by atoms with van der Waals surface area (Å²) in [5.74, 6) is -1.40. The van der Waals surface area contributed by atoms with E-state index in [2.05, 4.69) is 5.32 Å². The van der Waals surface area contributed by atoms with E-state index < -0.39 is 53.7 Å². The first kappa shape index (κ1) is 31.2. The summed E-state index contributed by atoms with van der Waals surface area (Å²) in [6.07, 6.45) is 5.97. The van der Waals surface area contributed by atoms with E-state index in [-0.39, 0.29) is 63.0 Å². The molecule has 4 heterocycles. The maximum absolute atomic E-state index is 15.1. The van der Waals surface area contributed by atoms with Crippen LogP contribution >= 0.6 is 0 Å². The Morgan fingerprint density at radius 2 is 1.81 bits per heavy atom. The number of esters is 1. The van der Waals surface area contributed by atoms with E-state index in [1.165, 1.54) is 6.26 Å². The van der Waals surface area contributed by atoms with Crippen LogP contribution in [0.3, 0.4) is 0 Å². The van der Waals surface area contributed by atoms with Crippen LogP contribution in [0.15, 0.2) is 30.5 Å². The fourth-order valence-electron chi connectivity index (χ4n) is 8.74. The molecule has 13 nitrogen and oxygen atoms in total. The van der Waals surface area contributed by atoms with Crippen molar-refractivity contribution in [1.29, 1.82) is 0 Å². The number of hydrogen-bond acceptors (Lipinski definition) is 11. The van der Waals surface area contributed by atoms with Gasteiger partial charge >= 0.3 is 5.97 Å². The van der Waals surface area contributed by atoms with Crippen molar-refractivity contribution in [1.82, 2.24) is 15.3 Å². The number of fused-ring (bicyclic) bond motifs is 4. The van der Waals surface area contributed by atoms with Gasteiger partial charge in [0.1, 0.15) is 42.5 Å². The van der Waals surface area contributed by atoms with E-state index in [1.54, 1.807) is 16.0 Å². The number of amides is 2. The van der Waals surface area contributed by atoms with Crippen molar-refractivity contribution < 1.29 is 48.4 Å². The third kappa shape index (κ3) is 5.08. The molecule has 0 radical (unpaired) electrons. The van der Waals surface area contributed by atoms with Gasteiger partial charge in [-0.05, 0) is 55.7 Å². The Kier molecular flexibility index (Phi) is 8.05. The molecule has 7 unspecified atom stereocenters. The molecule has 0 aromatic heterocycles. The van der Waals surface area contributed by atoms with Crippen molar-refractivity contribution in [2.24, 2.45) is 17.3 Å². The van der Waals surface area contributed by atoms with Crippen molar-refractivity contribution in [2.75, 3.05) is 32.9 Å². The number of carbonyl (C=O) groups is 3. The van der Waals surface area contributed by atoms with Crippen LogP contribution in [-0.4, -0.2) is 113 Å². The molecule has 3 saturated carbocycles. The number of benzene rings is 1. The molecule has 3 N–H and O–H groups in total. The van der Waals surface area contributed by atoms with E-state index >= 15 is 4.79 Å². The molecule has 2 amide bonds. The number of likely N-dealkylation sites (tertiary alicyclic amines) is 1. The predicted octanol–water partition coefficient (Wildman–Crippen LogP) is 0.866. The zero-order valence-electron chi connectivity index (χ0n) is 26.3. The van der Waals surface area contributed by atoms with Gasteiger partial charge in [-0.3, -0.25) is 19.2 Å². The minimum absolute atomic E-state index is 0.0945. The molecule has 1 aromatic carbocycles. The second kappa shape index (κ2) is 12.1. The number of nitrogens with one attached hydrogen (secondary N) is 1. The zero-order valence-corrected chi connectivity index (χ0v) is 26.3. The van der Waals surface area contributed by atoms with Crippen molar-refractivity contribution in [3.05, 3.63) is 41.7 Å². The van der Waals surface area contributed by atoms with E-state index in [4.69, 9.17) is 28.9 Å². The van der Waals surface area contributed by atoms with E-state index in [9.17, 15) is 14.7 Å². The molecule has 254 valence electrons. The van der Waals surface area contributed by atoms with Crippen LogP contribution in [0.4, 0.5) is 0 Å². The minimum atomic E-state index is -1.36. The molecule has 1 aromatic rings. The quantitative estimate of drug-likeness (QED) is 0.167. The van der Waals surface area contributed by atoms with Crippen LogP contribution in [0.2, 0.25) is 0 Å². The van der Waals surface area contributed by atoms with Crippen LogP contribution in [-0.2, 0) is 44.7 Å². The fourth-order valence-corrected chi connectivity index (χ4v) is 8.74. The molecule has 4 saturated heterocycles. The van der Waals surface area contributed by atoms with Gasteiger partial charge in [0.25, 0.3) is 0 Å². The number of carbonyl (C=O) groups excluding carboxylic acids is 3. The van der Waals surface area contributed by atoms with Gasteiger partial charge in [-0.25, -0.2) is 0 Å². The van der Waals surface area contributed by atoms with Gasteiger partial charge in [-0.1, -0.05) is 24.3 Å². The molecule has 3 aliphatic carbocycles. The first-order chi connectivity index (χ1) is 22.9. The molecule has 47 heavy (non-hydrogen) atoms. The second-order valence-electron chi connectivity index (χ2n) is 13.9. The SMILES string of the molecule is O=C(NCCO)C1CCCN1C(=O)C12CC3OC(=O)C1N(Cc1ccccc1C=COCCO)OC2C1OC(C2CC2)(C2CC2)OC31. The average molecular weight is 654 g/mol. The summed E-state index contributed by atoms with van der Waals surface area (Å²) in [6.45, 7) is 0.498. The number of hydrogen-bond donors (Lipinski definition) is 3. The number of ether oxygens (including phenoxy) is 4. The first-order valence-electron chi connectivity index (χ1n) is 17.1. The monoisotopic (exact) mass is 653 g/mol. The first-order valence-corrected chi connectivity index (χ1v) is 17.1. The Morgan fingerprint density at radius 1 is 1.04 bits per heavy atom. The summed E-state index contributed by atoms with van der Waals surface area (Å²) in [6, 6.07) is 5.84. The van der Waals surface area contributed by atoms with Gasteiger partial charge < -0.3 is 39.4 Å². The Hall–Kier alpha value is -3.07. The van der Waals surface area contributed by atoms with Crippen molar-refractivity contribution in [3.8, 4) is 0 Å². The van der Waals surface area contributed by atoms with Crippen molar-refractivity contribution in [2.45, 2.75) is 93.8 Å². The smallest absolute Gasteiger partial charge is 0.327 e. The third-order valence-corrected chi connectivity index (χ3v) is 11.0. The summed E-state index contributed by atoms with van der Waals surface area (Å²) in [5, 5.41) is 22.7. The molecule has 4 aliphatic heterocycles. The summed E-state index contributed by atoms with van der Waals surface area (Å²) in [5.41, 5.74) is 0.300. The predicted molar refractivity (Wildman–Crippen MR) is 162 cm³/mol. The molecule has 0 spiro atoms. The van der Waals surface area contributed by atoms with Crippen LogP contribution in [0, 0.1) is 17.3 Å². The van der Waals surface area contributed by atoms with E-state index in [0.29, 0.717) is 19.4 Å². The fraction of sp³-hybridized carbons (Fsp3) is 0.676. The van der Waals surface area contributed by atoms with Gasteiger partial charge in [-0.2, -0.15) is 5.06 Å². The largest absolute Gasteiger partial charge is 0.499 e. The molecular weight excluding hydrogens is 610 g/mol. The van der Waals surface area contributed by atoms with Crippen LogP contribution < -0.4 is 5.32 Å². The highest BCUT2D eigenvalue weighted by Gasteiger charge is 2.78. The number of aliphatic hydroxyl groups is 2. The summed E-state index contributed by atoms with van der Waals surface area (Å²) in [4.78, 5) is 50.8. The van der Waals surface area contributed by atoms with Crippen molar-refractivity contribution >= 4 is 23.9 Å². The highest BCUT2D eigenvalue weighted by molar-refractivity contribution is 5.96. The van der Waals surface area contributed by atoms with Crippen LogP contribution in [0.1, 0.15) is 56.1 Å². The van der Waals surface area contributed by atoms with Crippen molar-refractivity contribution in [3.63, 3.8) is 0 Å². The average Bonchev–Trinajstić information content (AvgIpc) is 4.00. The van der Waals surface area contributed by atoms with Crippen LogP contribution in [0.5, 0.6) is 0 Å². The summed E-state index contributed by atoms with van der Waals surface area (Å²) in [7, 11) is 0. The molecule has 7 aliphatic rings. The zero-order chi connectivity index (χ0) is 32.3. The lowest BCUT2D eigenvalue weighted by atomic mass is 9.62. The van der Waals surface area contributed by atoms with Crippen LogP contribution in [0.25, 0.3) is 6.08 Å². The number of nitrogens with zero attached hydrogens (tertiary/aromatic N) is 2. The number of hydroxylamine groups is 2. The Morgan fingerprint density at radius 3 is 2.55 bits per heavy atom. The molecule has 7 fully saturated rings. The molecule has 13 heteroatoms. The molecule has 2 bridgehead atoms. The molecular formula is C34H43N3O10. The maximum atomic E-state index is 15.1. The maximum Gasteiger partial charge on any atom is 0.327 e. The van der Waals surface area contributed by atoms with Gasteiger partial charge in [0.2, 0.25) is 11.8 Å². The van der Waals surface area contributed by atoms with Gasteiger partial charge in [-0.15, -0.1) is 0 Å². The highest BCUT2D eigenvalue weighted by atomic mass is 16.8. The summed E-state index contributed by atoms with van der Waals surface area (Å²) < 4.78 is 25.3. The van der Waals surface area contributed by atoms with Gasteiger partial charge in [0.15, 0.2) is 11.8 Å². The lowest BCUT2D eigenvalue weighted by Gasteiger charge is -2.50. The Balaban J connectivity index is 1.16. The Labute approximate surface area is 273 Å². The molecule has 7 atom stereocenters. The molecule has 8 rings (SSSR count).